The molecule has 1 aliphatic carbocycles. The third-order valence-electron chi connectivity index (χ3n) is 1.47. The highest BCUT2D eigenvalue weighted by Gasteiger charge is 2.18. The minimum atomic E-state index is -0.310. The van der Waals surface area contributed by atoms with Crippen molar-refractivity contribution in [2.24, 2.45) is 0 Å². The Morgan fingerprint density at radius 3 is 3.00 bits per heavy atom. The van der Waals surface area contributed by atoms with Gasteiger partial charge in [0.05, 0.1) is 6.42 Å². The molecule has 0 radical (unpaired) electrons. The van der Waals surface area contributed by atoms with Gasteiger partial charge in [-0.15, -0.1) is 0 Å². The second-order valence-corrected chi connectivity index (χ2v) is 2.41. The maximum atomic E-state index is 10.7. The summed E-state index contributed by atoms with van der Waals surface area (Å²) in [5.41, 5.74) is 0. The molecule has 0 saturated heterocycles. The van der Waals surface area contributed by atoms with Crippen molar-refractivity contribution in [3.8, 4) is 0 Å². The van der Waals surface area contributed by atoms with Crippen molar-refractivity contribution in [3.05, 3.63) is 12.2 Å². The van der Waals surface area contributed by atoms with Crippen LogP contribution >= 0.6 is 0 Å². The Kier molecular flexibility index (Phi) is 2.41. The summed E-state index contributed by atoms with van der Waals surface area (Å²) >= 11 is 0. The highest BCUT2D eigenvalue weighted by molar-refractivity contribution is 5.93. The summed E-state index contributed by atoms with van der Waals surface area (Å²) in [5.74, 6) is -0.228. The van der Waals surface area contributed by atoms with Crippen LogP contribution < -0.4 is 0 Å². The van der Waals surface area contributed by atoms with E-state index >= 15 is 0 Å². The molecular formula is C8H10O3. The normalized spacial score (nSPS) is 22.3. The monoisotopic (exact) mass is 154 g/mol. The number of ketones is 1. The number of carbonyl (C=O) groups is 2. The van der Waals surface area contributed by atoms with Gasteiger partial charge in [0.25, 0.3) is 0 Å². The zero-order valence-corrected chi connectivity index (χ0v) is 6.37. The maximum absolute atomic E-state index is 10.7. The molecule has 1 aliphatic rings. The fourth-order valence-electron chi connectivity index (χ4n) is 0.882. The van der Waals surface area contributed by atoms with Crippen LogP contribution in [0.2, 0.25) is 0 Å². The van der Waals surface area contributed by atoms with E-state index in [0.29, 0.717) is 12.8 Å². The predicted octanol–water partition coefficient (Wildman–Crippen LogP) is 0.837. The Morgan fingerprint density at radius 2 is 2.55 bits per heavy atom. The molecule has 0 aromatic heterocycles. The van der Waals surface area contributed by atoms with Gasteiger partial charge in [-0.25, -0.2) is 0 Å². The summed E-state index contributed by atoms with van der Waals surface area (Å²) < 4.78 is 4.88. The lowest BCUT2D eigenvalue weighted by Crippen LogP contribution is -2.13. The lowest BCUT2D eigenvalue weighted by molar-refractivity contribution is -0.146. The minimum absolute atomic E-state index is 0.0268. The van der Waals surface area contributed by atoms with Crippen LogP contribution in [0.3, 0.4) is 0 Å². The van der Waals surface area contributed by atoms with Gasteiger partial charge in [0.1, 0.15) is 6.10 Å². The van der Waals surface area contributed by atoms with E-state index in [9.17, 15) is 9.59 Å². The molecule has 0 bridgehead atoms. The lowest BCUT2D eigenvalue weighted by atomic mass is 10.3. The number of ether oxygens (including phenoxy) is 1. The average Bonchev–Trinajstić information content (AvgIpc) is 2.35. The van der Waals surface area contributed by atoms with E-state index in [1.807, 2.05) is 0 Å². The number of allylic oxidation sites excluding steroid dienone is 1. The molecule has 0 aliphatic heterocycles. The van der Waals surface area contributed by atoms with Crippen molar-refractivity contribution in [2.45, 2.75) is 25.9 Å². The van der Waals surface area contributed by atoms with Crippen LogP contribution in [0.4, 0.5) is 0 Å². The molecule has 3 nitrogen and oxygen atoms in total. The van der Waals surface area contributed by atoms with Crippen LogP contribution in [0.25, 0.3) is 0 Å². The Bertz CT molecular complexity index is 205. The highest BCUT2D eigenvalue weighted by atomic mass is 16.5. The second-order valence-electron chi connectivity index (χ2n) is 2.41. The quantitative estimate of drug-likeness (QED) is 0.553. The zero-order chi connectivity index (χ0) is 8.27. The molecule has 60 valence electrons. The Hall–Kier alpha value is -1.12. The van der Waals surface area contributed by atoms with E-state index in [1.54, 1.807) is 13.0 Å². The van der Waals surface area contributed by atoms with E-state index in [1.165, 1.54) is 6.08 Å². The van der Waals surface area contributed by atoms with E-state index in [4.69, 9.17) is 4.74 Å². The van der Waals surface area contributed by atoms with E-state index < -0.39 is 0 Å². The standard InChI is InChI=1S/C8H10O3/c1-2-8(10)11-7-4-3-6(9)5-7/h3-4,7H,2,5H2,1H3/t7-/m1/s1. The number of esters is 1. The van der Waals surface area contributed by atoms with Crippen molar-refractivity contribution in [3.63, 3.8) is 0 Å². The fraction of sp³-hybridized carbons (Fsp3) is 0.500. The van der Waals surface area contributed by atoms with Gasteiger partial charge in [-0.3, -0.25) is 9.59 Å². The first-order chi connectivity index (χ1) is 5.22. The molecule has 1 rings (SSSR count). The summed E-state index contributed by atoms with van der Waals surface area (Å²) in [6, 6.07) is 0. The van der Waals surface area contributed by atoms with Crippen LogP contribution in [0.1, 0.15) is 19.8 Å². The average molecular weight is 154 g/mol. The SMILES string of the molecule is CCC(=O)O[C@@H]1C=CC(=O)C1. The molecule has 0 spiro atoms. The molecule has 3 heteroatoms. The van der Waals surface area contributed by atoms with Crippen molar-refractivity contribution in [2.75, 3.05) is 0 Å². The first-order valence-electron chi connectivity index (χ1n) is 3.63. The van der Waals surface area contributed by atoms with E-state index in [2.05, 4.69) is 0 Å². The van der Waals surface area contributed by atoms with Gasteiger partial charge in [-0.05, 0) is 12.2 Å². The van der Waals surface area contributed by atoms with Gasteiger partial charge in [-0.1, -0.05) is 6.92 Å². The second kappa shape index (κ2) is 3.32. The molecule has 0 saturated carbocycles. The summed E-state index contributed by atoms with van der Waals surface area (Å²) in [6.45, 7) is 1.73. The predicted molar refractivity (Wildman–Crippen MR) is 38.9 cm³/mol. The van der Waals surface area contributed by atoms with Crippen molar-refractivity contribution < 1.29 is 14.3 Å². The number of hydrogen-bond acceptors (Lipinski definition) is 3. The topological polar surface area (TPSA) is 43.4 Å². The van der Waals surface area contributed by atoms with Gasteiger partial charge in [-0.2, -0.15) is 0 Å². The van der Waals surface area contributed by atoms with Gasteiger partial charge in [0.15, 0.2) is 5.78 Å². The summed E-state index contributed by atoms with van der Waals surface area (Å²) in [6.07, 6.45) is 3.43. The molecular weight excluding hydrogens is 144 g/mol. The van der Waals surface area contributed by atoms with Crippen LogP contribution in [0.15, 0.2) is 12.2 Å². The van der Waals surface area contributed by atoms with Crippen LogP contribution in [-0.4, -0.2) is 17.9 Å². The molecule has 0 unspecified atom stereocenters. The molecule has 0 fully saturated rings. The summed E-state index contributed by atoms with van der Waals surface area (Å²) in [4.78, 5) is 21.4. The van der Waals surface area contributed by atoms with Gasteiger partial charge in [0.2, 0.25) is 0 Å². The van der Waals surface area contributed by atoms with Crippen LogP contribution in [0, 0.1) is 0 Å². The van der Waals surface area contributed by atoms with Crippen molar-refractivity contribution in [1.29, 1.82) is 0 Å². The molecule has 0 N–H and O–H groups in total. The smallest absolute Gasteiger partial charge is 0.306 e. The first kappa shape index (κ1) is 7.98. The fourth-order valence-corrected chi connectivity index (χ4v) is 0.882. The van der Waals surface area contributed by atoms with Crippen LogP contribution in [-0.2, 0) is 14.3 Å². The summed E-state index contributed by atoms with van der Waals surface area (Å²) in [7, 11) is 0. The van der Waals surface area contributed by atoms with Crippen molar-refractivity contribution >= 4 is 11.8 Å². The Labute approximate surface area is 65.0 Å². The largest absolute Gasteiger partial charge is 0.458 e. The lowest BCUT2D eigenvalue weighted by Gasteiger charge is -2.06. The molecule has 1 atom stereocenters. The van der Waals surface area contributed by atoms with Gasteiger partial charge >= 0.3 is 5.97 Å². The Morgan fingerprint density at radius 1 is 1.82 bits per heavy atom. The van der Waals surface area contributed by atoms with Gasteiger partial charge < -0.3 is 4.74 Å². The third kappa shape index (κ3) is 2.18. The summed E-state index contributed by atoms with van der Waals surface area (Å²) in [5, 5.41) is 0. The maximum Gasteiger partial charge on any atom is 0.306 e. The zero-order valence-electron chi connectivity index (χ0n) is 6.37. The molecule has 0 aromatic carbocycles. The highest BCUT2D eigenvalue weighted by Crippen LogP contribution is 2.10. The first-order valence-corrected chi connectivity index (χ1v) is 3.63. The molecule has 0 heterocycles. The van der Waals surface area contributed by atoms with Crippen LogP contribution in [0.5, 0.6) is 0 Å². The number of carbonyl (C=O) groups excluding carboxylic acids is 2. The van der Waals surface area contributed by atoms with Crippen molar-refractivity contribution in [1.82, 2.24) is 0 Å². The van der Waals surface area contributed by atoms with E-state index in [-0.39, 0.29) is 17.9 Å². The molecule has 0 aromatic rings. The molecule has 0 amide bonds. The number of hydrogen-bond donors (Lipinski definition) is 0. The van der Waals surface area contributed by atoms with E-state index in [0.717, 1.165) is 0 Å². The third-order valence-corrected chi connectivity index (χ3v) is 1.47. The minimum Gasteiger partial charge on any atom is -0.458 e. The van der Waals surface area contributed by atoms with Gasteiger partial charge in [0, 0.05) is 6.42 Å². The Balaban J connectivity index is 2.35. The number of rotatable bonds is 2. The molecule has 11 heavy (non-hydrogen) atoms.